The van der Waals surface area contributed by atoms with E-state index in [0.29, 0.717) is 18.0 Å². The average molecular weight is 347 g/mol. The molecule has 0 radical (unpaired) electrons. The molecule has 1 spiro atoms. The third kappa shape index (κ3) is 2.92. The highest BCUT2D eigenvalue weighted by atomic mass is 16.5. The van der Waals surface area contributed by atoms with Crippen molar-refractivity contribution in [1.29, 1.82) is 0 Å². The highest BCUT2D eigenvalue weighted by Gasteiger charge is 2.50. The fourth-order valence-electron chi connectivity index (χ4n) is 4.09. The number of amides is 2. The second kappa shape index (κ2) is 6.90. The van der Waals surface area contributed by atoms with Gasteiger partial charge in [-0.25, -0.2) is 0 Å². The monoisotopic (exact) mass is 347 g/mol. The second-order valence-corrected chi connectivity index (χ2v) is 6.70. The largest absolute Gasteiger partial charge is 0.481 e. The summed E-state index contributed by atoms with van der Waals surface area (Å²) in [7, 11) is 3.00. The maximum atomic E-state index is 13.2. The lowest BCUT2D eigenvalue weighted by molar-refractivity contribution is -0.140. The van der Waals surface area contributed by atoms with Crippen molar-refractivity contribution in [3.63, 3.8) is 0 Å². The van der Waals surface area contributed by atoms with Gasteiger partial charge >= 0.3 is 0 Å². The van der Waals surface area contributed by atoms with Gasteiger partial charge in [0.05, 0.1) is 19.6 Å². The zero-order valence-corrected chi connectivity index (χ0v) is 15.0. The van der Waals surface area contributed by atoms with E-state index in [1.54, 1.807) is 17.0 Å². The van der Waals surface area contributed by atoms with Crippen molar-refractivity contribution in [1.82, 2.24) is 15.2 Å². The van der Waals surface area contributed by atoms with E-state index in [4.69, 9.17) is 9.47 Å². The van der Waals surface area contributed by atoms with Crippen LogP contribution in [0.5, 0.6) is 11.8 Å². The highest BCUT2D eigenvalue weighted by Crippen LogP contribution is 2.42. The number of methoxy groups -OCH3 is 2. The van der Waals surface area contributed by atoms with Crippen molar-refractivity contribution in [2.75, 3.05) is 27.3 Å². The Kier molecular flexibility index (Phi) is 4.83. The molecule has 7 nitrogen and oxygen atoms in total. The molecular weight excluding hydrogens is 322 g/mol. The Morgan fingerprint density at radius 1 is 1.28 bits per heavy atom. The van der Waals surface area contributed by atoms with Gasteiger partial charge in [0, 0.05) is 25.2 Å². The molecule has 3 heterocycles. The summed E-state index contributed by atoms with van der Waals surface area (Å²) < 4.78 is 10.4. The van der Waals surface area contributed by atoms with Crippen molar-refractivity contribution in [2.45, 2.75) is 38.6 Å². The summed E-state index contributed by atoms with van der Waals surface area (Å²) in [4.78, 5) is 31.7. The van der Waals surface area contributed by atoms with Crippen molar-refractivity contribution in [3.05, 3.63) is 17.7 Å². The predicted molar refractivity (Wildman–Crippen MR) is 91.8 cm³/mol. The van der Waals surface area contributed by atoms with Crippen LogP contribution in [0, 0.1) is 5.41 Å². The van der Waals surface area contributed by atoms with Crippen LogP contribution in [0.4, 0.5) is 0 Å². The molecule has 7 heteroatoms. The summed E-state index contributed by atoms with van der Waals surface area (Å²) in [6.45, 7) is 3.33. The molecule has 2 aliphatic heterocycles. The van der Waals surface area contributed by atoms with Crippen molar-refractivity contribution in [3.8, 4) is 11.8 Å². The minimum absolute atomic E-state index is 0.0728. The molecule has 0 unspecified atom stereocenters. The van der Waals surface area contributed by atoms with E-state index in [1.807, 2.05) is 6.92 Å². The number of rotatable bonds is 3. The number of aromatic nitrogens is 1. The number of ether oxygens (including phenoxy) is 2. The standard InChI is InChI=1S/C18H25N3O4/c1-12-18(8-4-10-19-17(18)23)9-5-11-21(12)16(22)13-6-7-14(24-2)20-15(13)25-3/h6-7,12H,4-5,8-11H2,1-3H3,(H,19,23)/t12-,18+/m1/s1. The fraction of sp³-hybridized carbons (Fsp3) is 0.611. The van der Waals surface area contributed by atoms with Gasteiger partial charge in [0.15, 0.2) is 0 Å². The van der Waals surface area contributed by atoms with Crippen LogP contribution in [0.3, 0.4) is 0 Å². The number of hydrogen-bond donors (Lipinski definition) is 1. The molecule has 2 saturated heterocycles. The molecule has 2 fully saturated rings. The normalized spacial score (nSPS) is 26.3. The third-order valence-corrected chi connectivity index (χ3v) is 5.56. The predicted octanol–water partition coefficient (Wildman–Crippen LogP) is 1.62. The van der Waals surface area contributed by atoms with Gasteiger partial charge in [-0.05, 0) is 38.7 Å². The van der Waals surface area contributed by atoms with Crippen molar-refractivity contribution in [2.24, 2.45) is 5.41 Å². The van der Waals surface area contributed by atoms with Crippen LogP contribution in [0.1, 0.15) is 43.0 Å². The van der Waals surface area contributed by atoms with E-state index in [-0.39, 0.29) is 23.7 Å². The van der Waals surface area contributed by atoms with Gasteiger partial charge in [0.25, 0.3) is 5.91 Å². The summed E-state index contributed by atoms with van der Waals surface area (Å²) in [6, 6.07) is 3.15. The molecule has 0 aliphatic carbocycles. The third-order valence-electron chi connectivity index (χ3n) is 5.56. The van der Waals surface area contributed by atoms with E-state index in [1.165, 1.54) is 14.2 Å². The zero-order chi connectivity index (χ0) is 18.0. The van der Waals surface area contributed by atoms with Crippen LogP contribution in [0.15, 0.2) is 12.1 Å². The summed E-state index contributed by atoms with van der Waals surface area (Å²) in [6.07, 6.45) is 3.41. The molecule has 2 aliphatic rings. The highest BCUT2D eigenvalue weighted by molar-refractivity contribution is 5.97. The van der Waals surface area contributed by atoms with Gasteiger partial charge in [0.1, 0.15) is 5.56 Å². The summed E-state index contributed by atoms with van der Waals surface area (Å²) in [5.74, 6) is 0.549. The number of nitrogens with one attached hydrogen (secondary N) is 1. The lowest BCUT2D eigenvalue weighted by Crippen LogP contribution is -2.61. The van der Waals surface area contributed by atoms with Gasteiger partial charge in [0.2, 0.25) is 17.7 Å². The number of pyridine rings is 1. The molecule has 0 aromatic carbocycles. The minimum atomic E-state index is -0.487. The lowest BCUT2D eigenvalue weighted by Gasteiger charge is -2.49. The second-order valence-electron chi connectivity index (χ2n) is 6.70. The van der Waals surface area contributed by atoms with Crippen LogP contribution < -0.4 is 14.8 Å². The minimum Gasteiger partial charge on any atom is -0.481 e. The van der Waals surface area contributed by atoms with E-state index in [9.17, 15) is 9.59 Å². The molecule has 1 aromatic rings. The first kappa shape index (κ1) is 17.5. The van der Waals surface area contributed by atoms with Gasteiger partial charge in [-0.15, -0.1) is 0 Å². The van der Waals surface area contributed by atoms with Gasteiger partial charge < -0.3 is 19.7 Å². The van der Waals surface area contributed by atoms with E-state index in [0.717, 1.165) is 32.2 Å². The average Bonchev–Trinajstić information content (AvgIpc) is 2.65. The SMILES string of the molecule is COc1ccc(C(=O)N2CCC[C@@]3(CCCNC3=O)[C@H]2C)c(OC)n1. The first-order valence-electron chi connectivity index (χ1n) is 8.72. The maximum absolute atomic E-state index is 13.2. The molecule has 3 rings (SSSR count). The topological polar surface area (TPSA) is 80.8 Å². The van der Waals surface area contributed by atoms with Gasteiger partial charge in [-0.3, -0.25) is 9.59 Å². The Bertz CT molecular complexity index is 674. The number of carbonyl (C=O) groups excluding carboxylic acids is 2. The maximum Gasteiger partial charge on any atom is 0.259 e. The lowest BCUT2D eigenvalue weighted by atomic mass is 9.68. The Morgan fingerprint density at radius 3 is 2.72 bits per heavy atom. The quantitative estimate of drug-likeness (QED) is 0.899. The molecule has 0 bridgehead atoms. The zero-order valence-electron chi connectivity index (χ0n) is 15.0. The summed E-state index contributed by atoms with van der Waals surface area (Å²) in [5.41, 5.74) is -0.0948. The molecule has 2 amide bonds. The van der Waals surface area contributed by atoms with Crippen LogP contribution in [0.25, 0.3) is 0 Å². The molecule has 136 valence electrons. The number of nitrogens with zero attached hydrogens (tertiary/aromatic N) is 2. The fourth-order valence-corrected chi connectivity index (χ4v) is 4.09. The van der Waals surface area contributed by atoms with Crippen LogP contribution in [0.2, 0.25) is 0 Å². The number of hydrogen-bond acceptors (Lipinski definition) is 5. The Labute approximate surface area is 147 Å². The van der Waals surface area contributed by atoms with Gasteiger partial charge in [-0.1, -0.05) is 0 Å². The Balaban J connectivity index is 1.90. The number of carbonyl (C=O) groups is 2. The van der Waals surface area contributed by atoms with Crippen molar-refractivity contribution < 1.29 is 19.1 Å². The Hall–Kier alpha value is -2.31. The first-order valence-corrected chi connectivity index (χ1v) is 8.72. The number of piperidine rings is 2. The van der Waals surface area contributed by atoms with E-state index < -0.39 is 5.41 Å². The summed E-state index contributed by atoms with van der Waals surface area (Å²) >= 11 is 0. The van der Waals surface area contributed by atoms with E-state index >= 15 is 0 Å². The molecule has 25 heavy (non-hydrogen) atoms. The molecule has 1 aromatic heterocycles. The van der Waals surface area contributed by atoms with Crippen LogP contribution >= 0.6 is 0 Å². The smallest absolute Gasteiger partial charge is 0.259 e. The molecule has 0 saturated carbocycles. The van der Waals surface area contributed by atoms with E-state index in [2.05, 4.69) is 10.3 Å². The Morgan fingerprint density at radius 2 is 2.04 bits per heavy atom. The van der Waals surface area contributed by atoms with Crippen LogP contribution in [-0.2, 0) is 4.79 Å². The summed E-state index contributed by atoms with van der Waals surface area (Å²) in [5, 5.41) is 2.98. The van der Waals surface area contributed by atoms with Crippen LogP contribution in [-0.4, -0.2) is 55.0 Å². The molecule has 1 N–H and O–H groups in total. The van der Waals surface area contributed by atoms with Crippen molar-refractivity contribution >= 4 is 11.8 Å². The first-order chi connectivity index (χ1) is 12.0. The molecule has 2 atom stereocenters. The molecular formula is C18H25N3O4. The van der Waals surface area contributed by atoms with Gasteiger partial charge in [-0.2, -0.15) is 4.98 Å². The number of likely N-dealkylation sites (tertiary alicyclic amines) is 1.